The molecule has 0 unspecified atom stereocenters. The average molecular weight is 286 g/mol. The number of aryl methyl sites for hydroxylation is 1. The van der Waals surface area contributed by atoms with E-state index in [1.54, 1.807) is 12.3 Å². The van der Waals surface area contributed by atoms with Gasteiger partial charge in [-0.3, -0.25) is 0 Å². The minimum Gasteiger partial charge on any atom is -0.322 e. The molecule has 0 amide bonds. The van der Waals surface area contributed by atoms with Crippen LogP contribution in [-0.2, 0) is 16.4 Å². The Morgan fingerprint density at radius 3 is 2.75 bits per heavy atom. The zero-order valence-electron chi connectivity index (χ0n) is 10.4. The van der Waals surface area contributed by atoms with Gasteiger partial charge in [0, 0.05) is 18.9 Å². The van der Waals surface area contributed by atoms with Gasteiger partial charge in [0.2, 0.25) is 5.82 Å². The van der Waals surface area contributed by atoms with Gasteiger partial charge in [-0.15, -0.1) is 0 Å². The number of nitrogens with zero attached hydrogens (tertiary/aromatic N) is 4. The quantitative estimate of drug-likeness (QED) is 0.837. The van der Waals surface area contributed by atoms with Crippen LogP contribution in [0.25, 0.3) is 0 Å². The monoisotopic (exact) mass is 286 g/mol. The van der Waals surface area contributed by atoms with Crippen molar-refractivity contribution in [3.8, 4) is 12.1 Å². The van der Waals surface area contributed by atoms with Crippen LogP contribution in [0.3, 0.4) is 0 Å². The first-order valence-electron chi connectivity index (χ1n) is 5.71. The first kappa shape index (κ1) is 13.8. The van der Waals surface area contributed by atoms with Crippen molar-refractivity contribution in [2.75, 3.05) is 5.75 Å². The minimum atomic E-state index is -3.50. The highest BCUT2D eigenvalue weighted by atomic mass is 32.2. The van der Waals surface area contributed by atoms with E-state index in [9.17, 15) is 8.42 Å². The lowest BCUT2D eigenvalue weighted by molar-refractivity contribution is 0.588. The van der Waals surface area contributed by atoms with E-state index >= 15 is 0 Å². The molecule has 0 N–H and O–H groups in total. The van der Waals surface area contributed by atoms with Crippen molar-refractivity contribution in [1.82, 2.24) is 9.55 Å². The highest BCUT2D eigenvalue weighted by Crippen LogP contribution is 2.13. The van der Waals surface area contributed by atoms with Crippen LogP contribution < -0.4 is 0 Å². The lowest BCUT2D eigenvalue weighted by Crippen LogP contribution is -2.14. The molecular formula is C13H10N4O2S. The number of nitriles is 2. The zero-order chi connectivity index (χ0) is 14.6. The van der Waals surface area contributed by atoms with Crippen molar-refractivity contribution in [2.45, 2.75) is 11.4 Å². The molecule has 20 heavy (non-hydrogen) atoms. The molecule has 0 fully saturated rings. The van der Waals surface area contributed by atoms with Crippen LogP contribution >= 0.6 is 0 Å². The molecule has 0 spiro atoms. The first-order valence-corrected chi connectivity index (χ1v) is 7.36. The molecule has 0 radical (unpaired) electrons. The summed E-state index contributed by atoms with van der Waals surface area (Å²) in [4.78, 5) is 3.91. The van der Waals surface area contributed by atoms with Crippen molar-refractivity contribution >= 4 is 9.84 Å². The van der Waals surface area contributed by atoms with E-state index < -0.39 is 9.84 Å². The van der Waals surface area contributed by atoms with Crippen molar-refractivity contribution in [3.05, 3.63) is 48.0 Å². The van der Waals surface area contributed by atoms with E-state index in [0.717, 1.165) is 0 Å². The van der Waals surface area contributed by atoms with Crippen LogP contribution in [0.15, 0.2) is 41.6 Å². The molecule has 0 aliphatic heterocycles. The number of benzene rings is 1. The fourth-order valence-corrected chi connectivity index (χ4v) is 2.96. The SMILES string of the molecule is N#Cc1cccc(S(=O)(=O)CCn2ccnc2C#N)c1. The Labute approximate surface area is 116 Å². The largest absolute Gasteiger partial charge is 0.322 e. The van der Waals surface area contributed by atoms with Gasteiger partial charge in [-0.1, -0.05) is 6.07 Å². The van der Waals surface area contributed by atoms with E-state index in [0.29, 0.717) is 5.56 Å². The summed E-state index contributed by atoms with van der Waals surface area (Å²) in [6.45, 7) is 0.141. The van der Waals surface area contributed by atoms with Gasteiger partial charge < -0.3 is 4.57 Å². The van der Waals surface area contributed by atoms with E-state index in [-0.39, 0.29) is 23.0 Å². The second-order valence-electron chi connectivity index (χ2n) is 4.01. The summed E-state index contributed by atoms with van der Waals surface area (Å²) in [7, 11) is -3.50. The predicted molar refractivity (Wildman–Crippen MR) is 70.2 cm³/mol. The molecule has 6 nitrogen and oxygen atoms in total. The highest BCUT2D eigenvalue weighted by molar-refractivity contribution is 7.91. The maximum Gasteiger partial charge on any atom is 0.212 e. The Bertz CT molecular complexity index is 809. The van der Waals surface area contributed by atoms with Gasteiger partial charge in [-0.2, -0.15) is 10.5 Å². The topological polar surface area (TPSA) is 99.5 Å². The summed E-state index contributed by atoms with van der Waals surface area (Å²) in [5.74, 6) is 0.0124. The maximum atomic E-state index is 12.2. The van der Waals surface area contributed by atoms with Crippen LogP contribution in [0.4, 0.5) is 0 Å². The smallest absolute Gasteiger partial charge is 0.212 e. The van der Waals surface area contributed by atoms with Crippen LogP contribution in [-0.4, -0.2) is 23.7 Å². The van der Waals surface area contributed by atoms with Crippen LogP contribution in [0.5, 0.6) is 0 Å². The van der Waals surface area contributed by atoms with Gasteiger partial charge in [0.25, 0.3) is 0 Å². The van der Waals surface area contributed by atoms with Gasteiger partial charge in [0.15, 0.2) is 9.84 Å². The van der Waals surface area contributed by atoms with Gasteiger partial charge in [0.05, 0.1) is 22.3 Å². The number of sulfone groups is 1. The molecule has 0 aliphatic carbocycles. The third-order valence-corrected chi connectivity index (χ3v) is 4.43. The average Bonchev–Trinajstić information content (AvgIpc) is 2.93. The Morgan fingerprint density at radius 1 is 1.25 bits per heavy atom. The number of hydrogen-bond donors (Lipinski definition) is 0. The Hall–Kier alpha value is -2.64. The molecule has 0 atom stereocenters. The summed E-state index contributed by atoms with van der Waals surface area (Å²) in [6, 6.07) is 9.66. The second-order valence-corrected chi connectivity index (χ2v) is 6.12. The summed E-state index contributed by atoms with van der Waals surface area (Å²) in [6.07, 6.45) is 3.00. The van der Waals surface area contributed by atoms with Gasteiger partial charge in [-0.25, -0.2) is 13.4 Å². The van der Waals surface area contributed by atoms with Crippen LogP contribution in [0.2, 0.25) is 0 Å². The molecule has 1 aromatic carbocycles. The Balaban J connectivity index is 2.20. The van der Waals surface area contributed by atoms with E-state index in [4.69, 9.17) is 10.5 Å². The Kier molecular flexibility index (Phi) is 3.83. The molecule has 2 aromatic rings. The second kappa shape index (κ2) is 5.55. The molecule has 100 valence electrons. The standard InChI is InChI=1S/C13H10N4O2S/c14-9-11-2-1-3-12(8-11)20(18,19)7-6-17-5-4-16-13(17)10-15/h1-5,8H,6-7H2. The fourth-order valence-electron chi connectivity index (χ4n) is 1.70. The summed E-state index contributed by atoms with van der Waals surface area (Å²) >= 11 is 0. The van der Waals surface area contributed by atoms with E-state index in [1.165, 1.54) is 29.0 Å². The molecule has 2 rings (SSSR count). The van der Waals surface area contributed by atoms with Crippen molar-refractivity contribution in [2.24, 2.45) is 0 Å². The van der Waals surface area contributed by atoms with Gasteiger partial charge in [0.1, 0.15) is 6.07 Å². The molecule has 0 bridgehead atoms. The van der Waals surface area contributed by atoms with Gasteiger partial charge >= 0.3 is 0 Å². The fraction of sp³-hybridized carbons (Fsp3) is 0.154. The van der Waals surface area contributed by atoms with Crippen molar-refractivity contribution in [1.29, 1.82) is 10.5 Å². The Morgan fingerprint density at radius 2 is 2.05 bits per heavy atom. The molecule has 7 heteroatoms. The molecule has 1 heterocycles. The molecule has 0 aliphatic rings. The summed E-state index contributed by atoms with van der Waals surface area (Å²) in [5, 5.41) is 17.6. The molecule has 0 saturated heterocycles. The maximum absolute atomic E-state index is 12.2. The third-order valence-electron chi connectivity index (χ3n) is 2.74. The molecule has 0 saturated carbocycles. The summed E-state index contributed by atoms with van der Waals surface area (Å²) in [5.41, 5.74) is 0.298. The van der Waals surface area contributed by atoms with E-state index in [1.807, 2.05) is 12.1 Å². The number of aromatic nitrogens is 2. The van der Waals surface area contributed by atoms with E-state index in [2.05, 4.69) is 4.98 Å². The van der Waals surface area contributed by atoms with Gasteiger partial charge in [-0.05, 0) is 18.2 Å². The molecule has 1 aromatic heterocycles. The predicted octanol–water partition coefficient (Wildman–Crippen LogP) is 1.10. The first-order chi connectivity index (χ1) is 9.56. The number of imidazole rings is 1. The minimum absolute atomic E-state index is 0.107. The third kappa shape index (κ3) is 2.85. The van der Waals surface area contributed by atoms with Crippen LogP contribution in [0.1, 0.15) is 11.4 Å². The van der Waals surface area contributed by atoms with Crippen molar-refractivity contribution < 1.29 is 8.42 Å². The van der Waals surface area contributed by atoms with Crippen LogP contribution in [0, 0.1) is 22.7 Å². The zero-order valence-corrected chi connectivity index (χ0v) is 11.2. The lowest BCUT2D eigenvalue weighted by atomic mass is 10.2. The number of rotatable bonds is 4. The number of hydrogen-bond acceptors (Lipinski definition) is 5. The molecular weight excluding hydrogens is 276 g/mol. The van der Waals surface area contributed by atoms with Crippen molar-refractivity contribution in [3.63, 3.8) is 0 Å². The highest BCUT2D eigenvalue weighted by Gasteiger charge is 2.15. The summed E-state index contributed by atoms with van der Waals surface area (Å²) < 4.78 is 25.8. The lowest BCUT2D eigenvalue weighted by Gasteiger charge is -2.06. The normalized spacial score (nSPS) is 10.7.